The first kappa shape index (κ1) is 25.0. The molecule has 0 atom stereocenters. The second-order valence-corrected chi connectivity index (χ2v) is 9.96. The van der Waals surface area contributed by atoms with Gasteiger partial charge in [0.1, 0.15) is 12.3 Å². The van der Waals surface area contributed by atoms with Crippen LogP contribution in [-0.2, 0) is 21.4 Å². The van der Waals surface area contributed by atoms with Crippen molar-refractivity contribution in [2.24, 2.45) is 0 Å². The zero-order chi connectivity index (χ0) is 25.5. The molecule has 4 aromatic rings. The van der Waals surface area contributed by atoms with Crippen LogP contribution in [0.1, 0.15) is 16.1 Å². The summed E-state index contributed by atoms with van der Waals surface area (Å²) in [4.78, 5) is 25.8. The molecule has 0 aliphatic rings. The molecule has 2 amide bonds. The number of anilines is 2. The number of hydrogen-bond donors (Lipinski definition) is 2. The van der Waals surface area contributed by atoms with E-state index in [2.05, 4.69) is 10.6 Å². The van der Waals surface area contributed by atoms with Gasteiger partial charge in [-0.05, 0) is 60.7 Å². The number of sulfonamides is 1. The minimum atomic E-state index is -4.09. The fourth-order valence-electron chi connectivity index (χ4n) is 3.43. The number of benzene rings is 3. The molecule has 0 unspecified atom stereocenters. The molecule has 0 fully saturated rings. The van der Waals surface area contributed by atoms with Crippen LogP contribution < -0.4 is 14.9 Å². The van der Waals surface area contributed by atoms with Crippen LogP contribution in [0, 0.1) is 0 Å². The van der Waals surface area contributed by atoms with Gasteiger partial charge in [-0.1, -0.05) is 41.9 Å². The highest BCUT2D eigenvalue weighted by Crippen LogP contribution is 2.25. The molecule has 8 nitrogen and oxygen atoms in total. The first-order valence-corrected chi connectivity index (χ1v) is 12.7. The molecular weight excluding hydrogens is 502 g/mol. The van der Waals surface area contributed by atoms with Gasteiger partial charge in [0.05, 0.1) is 34.6 Å². The third kappa shape index (κ3) is 5.94. The third-order valence-electron chi connectivity index (χ3n) is 5.18. The van der Waals surface area contributed by atoms with Gasteiger partial charge < -0.3 is 15.1 Å². The van der Waals surface area contributed by atoms with Gasteiger partial charge in [-0.2, -0.15) is 0 Å². The summed E-state index contributed by atoms with van der Waals surface area (Å²) >= 11 is 5.91. The van der Waals surface area contributed by atoms with Gasteiger partial charge >= 0.3 is 0 Å². The van der Waals surface area contributed by atoms with E-state index in [1.165, 1.54) is 30.5 Å². The van der Waals surface area contributed by atoms with Crippen molar-refractivity contribution in [1.82, 2.24) is 5.32 Å². The van der Waals surface area contributed by atoms with Crippen LogP contribution in [0.3, 0.4) is 0 Å². The van der Waals surface area contributed by atoms with Gasteiger partial charge in [-0.25, -0.2) is 8.42 Å². The van der Waals surface area contributed by atoms with Crippen molar-refractivity contribution in [1.29, 1.82) is 0 Å². The molecule has 0 spiro atoms. The Kier molecular flexibility index (Phi) is 7.72. The Balaban J connectivity index is 1.55. The number of hydrogen-bond acceptors (Lipinski definition) is 5. The number of carbonyl (C=O) groups excluding carboxylic acids is 2. The number of rotatable bonds is 9. The lowest BCUT2D eigenvalue weighted by Crippen LogP contribution is -2.38. The zero-order valence-electron chi connectivity index (χ0n) is 18.9. The minimum Gasteiger partial charge on any atom is -0.467 e. The predicted octanol–water partition coefficient (Wildman–Crippen LogP) is 4.70. The van der Waals surface area contributed by atoms with E-state index in [-0.39, 0.29) is 22.7 Å². The van der Waals surface area contributed by atoms with Crippen molar-refractivity contribution in [2.75, 3.05) is 16.2 Å². The fraction of sp³-hybridized carbons (Fsp3) is 0.0769. The van der Waals surface area contributed by atoms with Crippen LogP contribution in [0.4, 0.5) is 11.4 Å². The second kappa shape index (κ2) is 11.1. The summed E-state index contributed by atoms with van der Waals surface area (Å²) < 4.78 is 33.1. The molecule has 0 bridgehead atoms. The van der Waals surface area contributed by atoms with Crippen molar-refractivity contribution >= 4 is 44.8 Å². The quantitative estimate of drug-likeness (QED) is 0.330. The highest BCUT2D eigenvalue weighted by atomic mass is 35.5. The predicted molar refractivity (Wildman–Crippen MR) is 137 cm³/mol. The summed E-state index contributed by atoms with van der Waals surface area (Å²) in [5.41, 5.74) is 0.785. The van der Waals surface area contributed by atoms with Crippen LogP contribution in [0.5, 0.6) is 0 Å². The Morgan fingerprint density at radius 2 is 1.56 bits per heavy atom. The van der Waals surface area contributed by atoms with Gasteiger partial charge in [0.25, 0.3) is 15.9 Å². The van der Waals surface area contributed by atoms with Crippen molar-refractivity contribution in [3.63, 3.8) is 0 Å². The van der Waals surface area contributed by atoms with Crippen molar-refractivity contribution in [2.45, 2.75) is 11.4 Å². The lowest BCUT2D eigenvalue weighted by molar-refractivity contribution is -0.114. The van der Waals surface area contributed by atoms with Crippen molar-refractivity contribution in [3.05, 3.63) is 114 Å². The maximum absolute atomic E-state index is 13.4. The van der Waals surface area contributed by atoms with Crippen LogP contribution in [-0.4, -0.2) is 26.8 Å². The first-order valence-electron chi connectivity index (χ1n) is 10.9. The van der Waals surface area contributed by atoms with E-state index in [4.69, 9.17) is 16.0 Å². The zero-order valence-corrected chi connectivity index (χ0v) is 20.5. The Bertz CT molecular complexity index is 1440. The monoisotopic (exact) mass is 523 g/mol. The SMILES string of the molecule is O=C(CN(c1ccccc1)S(=O)(=O)c1ccc(Cl)cc1)Nc1ccccc1C(=O)NCc1ccco1. The Morgan fingerprint density at radius 3 is 2.25 bits per heavy atom. The molecule has 10 heteroatoms. The maximum Gasteiger partial charge on any atom is 0.264 e. The normalized spacial score (nSPS) is 11.0. The van der Waals surface area contributed by atoms with Gasteiger partial charge in [0, 0.05) is 5.02 Å². The standard InChI is InChI=1S/C26H22ClN3O5S/c27-19-12-14-22(15-13-19)36(33,34)30(20-7-2-1-3-8-20)18-25(31)29-24-11-5-4-10-23(24)26(32)28-17-21-9-6-16-35-21/h1-16H,17-18H2,(H,28,32)(H,29,31). The van der Waals surface area contributed by atoms with E-state index in [1.807, 2.05) is 0 Å². The van der Waals surface area contributed by atoms with Crippen molar-refractivity contribution < 1.29 is 22.4 Å². The number of halogens is 1. The molecule has 184 valence electrons. The lowest BCUT2D eigenvalue weighted by Gasteiger charge is -2.24. The topological polar surface area (TPSA) is 109 Å². The average molecular weight is 524 g/mol. The Labute approximate surface area is 213 Å². The van der Waals surface area contributed by atoms with Gasteiger partial charge in [-0.15, -0.1) is 0 Å². The number of carbonyl (C=O) groups is 2. The molecular formula is C26H22ClN3O5S. The summed E-state index contributed by atoms with van der Waals surface area (Å²) in [5, 5.41) is 5.79. The average Bonchev–Trinajstić information content (AvgIpc) is 3.41. The summed E-state index contributed by atoms with van der Waals surface area (Å²) in [5.74, 6) is -0.463. The molecule has 2 N–H and O–H groups in total. The van der Waals surface area contributed by atoms with Crippen LogP contribution >= 0.6 is 11.6 Å². The van der Waals surface area contributed by atoms with Crippen molar-refractivity contribution in [3.8, 4) is 0 Å². The van der Waals surface area contributed by atoms with Crippen LogP contribution in [0.2, 0.25) is 5.02 Å². The largest absolute Gasteiger partial charge is 0.467 e. The first-order chi connectivity index (χ1) is 17.3. The molecule has 0 radical (unpaired) electrons. The number of nitrogens with one attached hydrogen (secondary N) is 2. The summed E-state index contributed by atoms with van der Waals surface area (Å²) in [7, 11) is -4.09. The van der Waals surface area contributed by atoms with E-state index in [1.54, 1.807) is 66.7 Å². The molecule has 0 aliphatic heterocycles. The van der Waals surface area contributed by atoms with E-state index in [0.717, 1.165) is 4.31 Å². The second-order valence-electron chi connectivity index (χ2n) is 7.66. The highest BCUT2D eigenvalue weighted by molar-refractivity contribution is 7.92. The van der Waals surface area contributed by atoms with Gasteiger partial charge in [-0.3, -0.25) is 13.9 Å². The Morgan fingerprint density at radius 1 is 0.861 bits per heavy atom. The number of amides is 2. The van der Waals surface area contributed by atoms with E-state index in [9.17, 15) is 18.0 Å². The number of nitrogens with zero attached hydrogens (tertiary/aromatic N) is 1. The van der Waals surface area contributed by atoms with E-state index in [0.29, 0.717) is 16.5 Å². The van der Waals surface area contributed by atoms with Crippen LogP contribution in [0.15, 0.2) is 107 Å². The van der Waals surface area contributed by atoms with E-state index >= 15 is 0 Å². The van der Waals surface area contributed by atoms with Gasteiger partial charge in [0.15, 0.2) is 0 Å². The molecule has 4 rings (SSSR count). The summed E-state index contributed by atoms with van der Waals surface area (Å²) in [6.45, 7) is -0.341. The van der Waals surface area contributed by atoms with E-state index < -0.39 is 28.4 Å². The fourth-order valence-corrected chi connectivity index (χ4v) is 4.98. The number of furan rings is 1. The lowest BCUT2D eigenvalue weighted by atomic mass is 10.1. The molecule has 0 aliphatic carbocycles. The molecule has 1 aromatic heterocycles. The summed E-state index contributed by atoms with van der Waals surface area (Å²) in [6.07, 6.45) is 1.51. The molecule has 0 saturated carbocycles. The van der Waals surface area contributed by atoms with Crippen LogP contribution in [0.25, 0.3) is 0 Å². The highest BCUT2D eigenvalue weighted by Gasteiger charge is 2.27. The smallest absolute Gasteiger partial charge is 0.264 e. The molecule has 0 saturated heterocycles. The molecule has 1 heterocycles. The molecule has 36 heavy (non-hydrogen) atoms. The summed E-state index contributed by atoms with van der Waals surface area (Å²) in [6, 6.07) is 23.9. The Hall–Kier alpha value is -4.08. The number of para-hydroxylation sites is 2. The minimum absolute atomic E-state index is 0.0127. The molecule has 3 aromatic carbocycles. The van der Waals surface area contributed by atoms with Gasteiger partial charge in [0.2, 0.25) is 5.91 Å². The third-order valence-corrected chi connectivity index (χ3v) is 7.22. The maximum atomic E-state index is 13.4.